The summed E-state index contributed by atoms with van der Waals surface area (Å²) < 4.78 is 0. The number of hydrogen-bond donors (Lipinski definition) is 0. The molecule has 2 radical (unpaired) electrons. The van der Waals surface area contributed by atoms with Crippen LogP contribution in [0.4, 0.5) is 0 Å². The number of benzene rings is 4. The maximum atomic E-state index is 3.47. The van der Waals surface area contributed by atoms with Crippen LogP contribution in [0.25, 0.3) is 32.3 Å². The Kier molecular flexibility index (Phi) is 1.92. The average Bonchev–Trinajstić information content (AvgIpc) is 2.42. The molecule has 0 amide bonds. The molecule has 0 N–H and O–H groups in total. The van der Waals surface area contributed by atoms with E-state index in [1.807, 2.05) is 12.1 Å². The monoisotopic (exact) mass is 226 g/mol. The van der Waals surface area contributed by atoms with Crippen molar-refractivity contribution in [3.8, 4) is 0 Å². The molecule has 0 aliphatic heterocycles. The molecule has 18 heavy (non-hydrogen) atoms. The van der Waals surface area contributed by atoms with Gasteiger partial charge in [0.25, 0.3) is 0 Å². The summed E-state index contributed by atoms with van der Waals surface area (Å²) in [4.78, 5) is 0. The van der Waals surface area contributed by atoms with Crippen LogP contribution in [0, 0.1) is 12.1 Å². The molecule has 0 saturated carbocycles. The normalized spacial score (nSPS) is 11.3. The van der Waals surface area contributed by atoms with Crippen LogP contribution in [0.15, 0.2) is 60.7 Å². The molecule has 0 saturated heterocycles. The predicted octanol–water partition coefficient (Wildman–Crippen LogP) is 4.75. The van der Waals surface area contributed by atoms with Crippen LogP contribution in [0.5, 0.6) is 0 Å². The van der Waals surface area contributed by atoms with E-state index in [2.05, 4.69) is 60.7 Å². The Morgan fingerprint density at radius 3 is 1.44 bits per heavy atom. The van der Waals surface area contributed by atoms with Gasteiger partial charge in [-0.25, -0.2) is 0 Å². The van der Waals surface area contributed by atoms with Gasteiger partial charge in [-0.15, -0.1) is 0 Å². The minimum atomic E-state index is 1.13. The van der Waals surface area contributed by atoms with Crippen LogP contribution in [0.1, 0.15) is 0 Å². The van der Waals surface area contributed by atoms with Gasteiger partial charge in [0.05, 0.1) is 0 Å². The highest BCUT2D eigenvalue weighted by Gasteiger charge is 2.01. The summed E-state index contributed by atoms with van der Waals surface area (Å²) in [6.45, 7) is 0. The molecule has 0 fully saturated rings. The standard InChI is InChI=1S/C18H10/c1-2-6-14-10-18-12-16-8-4-3-7-15(16)11-17(18)9-13(14)5-1/h1-10H. The molecule has 0 atom stereocenters. The summed E-state index contributed by atoms with van der Waals surface area (Å²) in [6, 6.07) is 28.0. The topological polar surface area (TPSA) is 0 Å². The van der Waals surface area contributed by atoms with E-state index in [0.29, 0.717) is 0 Å². The molecule has 0 nitrogen and oxygen atoms in total. The molecule has 0 aliphatic carbocycles. The lowest BCUT2D eigenvalue weighted by Crippen LogP contribution is -1.79. The summed E-state index contributed by atoms with van der Waals surface area (Å²) in [5.74, 6) is 0. The predicted molar refractivity (Wildman–Crippen MR) is 76.6 cm³/mol. The van der Waals surface area contributed by atoms with Gasteiger partial charge in [-0.3, -0.25) is 0 Å². The Morgan fingerprint density at radius 1 is 0.500 bits per heavy atom. The van der Waals surface area contributed by atoms with Crippen LogP contribution in [-0.2, 0) is 0 Å². The fraction of sp³-hybridized carbons (Fsp3) is 0. The molecule has 0 bridgehead atoms. The average molecular weight is 226 g/mol. The van der Waals surface area contributed by atoms with Crippen molar-refractivity contribution in [1.29, 1.82) is 0 Å². The van der Waals surface area contributed by atoms with E-state index in [4.69, 9.17) is 0 Å². The zero-order valence-corrected chi connectivity index (χ0v) is 9.77. The number of rotatable bonds is 0. The van der Waals surface area contributed by atoms with Gasteiger partial charge in [-0.05, 0) is 56.6 Å². The van der Waals surface area contributed by atoms with Crippen LogP contribution < -0.4 is 0 Å². The Balaban J connectivity index is 2.20. The van der Waals surface area contributed by atoms with E-state index in [9.17, 15) is 0 Å². The van der Waals surface area contributed by atoms with Gasteiger partial charge in [0.1, 0.15) is 0 Å². The smallest absolute Gasteiger partial charge is 0.00137 e. The van der Waals surface area contributed by atoms with E-state index in [1.165, 1.54) is 10.8 Å². The Bertz CT molecular complexity index is 728. The van der Waals surface area contributed by atoms with Crippen molar-refractivity contribution >= 4 is 32.3 Å². The van der Waals surface area contributed by atoms with Crippen molar-refractivity contribution in [1.82, 2.24) is 0 Å². The van der Waals surface area contributed by atoms with Gasteiger partial charge >= 0.3 is 0 Å². The highest BCUT2D eigenvalue weighted by atomic mass is 14.0. The molecular weight excluding hydrogens is 216 g/mol. The zero-order valence-electron chi connectivity index (χ0n) is 9.77. The van der Waals surface area contributed by atoms with Crippen molar-refractivity contribution in [2.75, 3.05) is 0 Å². The molecule has 0 aromatic heterocycles. The maximum Gasteiger partial charge on any atom is -0.00137 e. The third-order valence-electron chi connectivity index (χ3n) is 3.35. The minimum absolute atomic E-state index is 1.13. The maximum absolute atomic E-state index is 3.47. The van der Waals surface area contributed by atoms with Crippen molar-refractivity contribution in [3.05, 3.63) is 72.8 Å². The quantitative estimate of drug-likeness (QED) is 0.380. The fourth-order valence-corrected chi connectivity index (χ4v) is 2.44. The lowest BCUT2D eigenvalue weighted by Gasteiger charge is -2.03. The molecular formula is C18H10. The largest absolute Gasteiger partial charge is 0.0616 e. The Morgan fingerprint density at radius 2 is 0.944 bits per heavy atom. The second kappa shape index (κ2) is 3.58. The molecule has 0 heteroatoms. The van der Waals surface area contributed by atoms with E-state index >= 15 is 0 Å². The van der Waals surface area contributed by atoms with Gasteiger partial charge in [-0.1, -0.05) is 48.5 Å². The molecule has 4 aromatic rings. The molecule has 0 spiro atoms. The SMILES string of the molecule is [c]1c2ccccc2[c]c2cc3ccccc3cc12. The van der Waals surface area contributed by atoms with Crippen LogP contribution in [0.3, 0.4) is 0 Å². The highest BCUT2D eigenvalue weighted by Crippen LogP contribution is 2.26. The second-order valence-corrected chi connectivity index (χ2v) is 4.54. The third-order valence-corrected chi connectivity index (χ3v) is 3.35. The lowest BCUT2D eigenvalue weighted by molar-refractivity contribution is 1.76. The zero-order chi connectivity index (χ0) is 11.9. The van der Waals surface area contributed by atoms with Gasteiger partial charge in [-0.2, -0.15) is 0 Å². The first kappa shape index (κ1) is 9.67. The molecule has 4 rings (SSSR count). The summed E-state index contributed by atoms with van der Waals surface area (Å²) in [7, 11) is 0. The highest BCUT2D eigenvalue weighted by molar-refractivity contribution is 6.03. The van der Waals surface area contributed by atoms with Crippen molar-refractivity contribution in [2.45, 2.75) is 0 Å². The molecule has 0 unspecified atom stereocenters. The van der Waals surface area contributed by atoms with E-state index in [1.54, 1.807) is 0 Å². The van der Waals surface area contributed by atoms with E-state index in [-0.39, 0.29) is 0 Å². The number of hydrogen-bond acceptors (Lipinski definition) is 0. The van der Waals surface area contributed by atoms with Gasteiger partial charge in [0.2, 0.25) is 0 Å². The minimum Gasteiger partial charge on any atom is -0.0616 e. The molecule has 4 aromatic carbocycles. The molecule has 0 aliphatic rings. The molecule has 82 valence electrons. The van der Waals surface area contributed by atoms with Crippen LogP contribution >= 0.6 is 0 Å². The van der Waals surface area contributed by atoms with E-state index < -0.39 is 0 Å². The summed E-state index contributed by atoms with van der Waals surface area (Å²) in [5.41, 5.74) is 0. The lowest BCUT2D eigenvalue weighted by atomic mass is 10.00. The second-order valence-electron chi connectivity index (χ2n) is 4.54. The first-order valence-electron chi connectivity index (χ1n) is 6.06. The fourth-order valence-electron chi connectivity index (χ4n) is 2.44. The van der Waals surface area contributed by atoms with Crippen molar-refractivity contribution < 1.29 is 0 Å². The number of fused-ring (bicyclic) bond motifs is 3. The Labute approximate surface area is 105 Å². The van der Waals surface area contributed by atoms with Gasteiger partial charge in [0, 0.05) is 0 Å². The first-order valence-corrected chi connectivity index (χ1v) is 6.06. The van der Waals surface area contributed by atoms with E-state index in [0.717, 1.165) is 21.5 Å². The van der Waals surface area contributed by atoms with Gasteiger partial charge in [0.15, 0.2) is 0 Å². The summed E-state index contributed by atoms with van der Waals surface area (Å²) in [5, 5.41) is 7.02. The first-order chi connectivity index (χ1) is 8.90. The van der Waals surface area contributed by atoms with Crippen LogP contribution in [-0.4, -0.2) is 0 Å². The molecule has 0 heterocycles. The van der Waals surface area contributed by atoms with Crippen molar-refractivity contribution in [3.63, 3.8) is 0 Å². The van der Waals surface area contributed by atoms with Crippen molar-refractivity contribution in [2.24, 2.45) is 0 Å². The van der Waals surface area contributed by atoms with Gasteiger partial charge < -0.3 is 0 Å². The van der Waals surface area contributed by atoms with Crippen LogP contribution in [0.2, 0.25) is 0 Å². The summed E-state index contributed by atoms with van der Waals surface area (Å²) >= 11 is 0. The summed E-state index contributed by atoms with van der Waals surface area (Å²) in [6.07, 6.45) is 0. The third kappa shape index (κ3) is 1.39. The Hall–Kier alpha value is -2.34.